The zero-order valence-corrected chi connectivity index (χ0v) is 28.1. The molecule has 4 aromatic rings. The molecule has 4 rings (SSSR count). The first-order valence-electron chi connectivity index (χ1n) is 14.8. The van der Waals surface area contributed by atoms with Gasteiger partial charge in [0.2, 0.25) is 11.8 Å². The van der Waals surface area contributed by atoms with Gasteiger partial charge in [-0.05, 0) is 62.2 Å². The van der Waals surface area contributed by atoms with Crippen molar-refractivity contribution in [2.45, 2.75) is 57.1 Å². The van der Waals surface area contributed by atoms with Gasteiger partial charge in [0, 0.05) is 34.6 Å². The first-order chi connectivity index (χ1) is 21.9. The van der Waals surface area contributed by atoms with Crippen molar-refractivity contribution in [2.75, 3.05) is 10.8 Å². The molecule has 242 valence electrons. The van der Waals surface area contributed by atoms with E-state index in [2.05, 4.69) is 5.32 Å². The fraction of sp³-hybridized carbons (Fsp3) is 0.257. The molecule has 2 atom stereocenters. The quantitative estimate of drug-likeness (QED) is 0.162. The molecule has 0 fully saturated rings. The van der Waals surface area contributed by atoms with Gasteiger partial charge in [-0.3, -0.25) is 13.9 Å². The number of nitrogens with zero attached hydrogens (tertiary/aromatic N) is 2. The van der Waals surface area contributed by atoms with E-state index in [0.29, 0.717) is 6.42 Å². The fourth-order valence-electron chi connectivity index (χ4n) is 4.85. The highest BCUT2D eigenvalue weighted by Gasteiger charge is 2.35. The predicted molar refractivity (Wildman–Crippen MR) is 181 cm³/mol. The van der Waals surface area contributed by atoms with Crippen LogP contribution in [-0.2, 0) is 32.6 Å². The maximum absolute atomic E-state index is 15.1. The van der Waals surface area contributed by atoms with Gasteiger partial charge in [0.1, 0.15) is 18.4 Å². The van der Waals surface area contributed by atoms with Gasteiger partial charge >= 0.3 is 0 Å². The van der Waals surface area contributed by atoms with Gasteiger partial charge in [-0.15, -0.1) is 0 Å². The molecule has 1 N–H and O–H groups in total. The summed E-state index contributed by atoms with van der Waals surface area (Å²) in [6.07, 6.45) is 0.750. The third kappa shape index (κ3) is 8.87. The van der Waals surface area contributed by atoms with Gasteiger partial charge in [-0.2, -0.15) is 0 Å². The van der Waals surface area contributed by atoms with E-state index in [0.717, 1.165) is 15.4 Å². The van der Waals surface area contributed by atoms with Crippen LogP contribution in [0, 0.1) is 12.7 Å². The number of amides is 2. The van der Waals surface area contributed by atoms with Crippen LogP contribution < -0.4 is 9.62 Å². The van der Waals surface area contributed by atoms with Crippen LogP contribution in [0.5, 0.6) is 0 Å². The number of aryl methyl sites for hydroxylation is 1. The summed E-state index contributed by atoms with van der Waals surface area (Å²) in [7, 11) is -4.35. The van der Waals surface area contributed by atoms with Crippen molar-refractivity contribution in [1.82, 2.24) is 10.2 Å². The molecular formula is C35H36Cl2FN3O4S. The monoisotopic (exact) mass is 683 g/mol. The number of anilines is 1. The first-order valence-corrected chi connectivity index (χ1v) is 17.0. The van der Waals surface area contributed by atoms with Crippen LogP contribution in [0.4, 0.5) is 10.1 Å². The van der Waals surface area contributed by atoms with Crippen LogP contribution in [0.1, 0.15) is 37.0 Å². The minimum Gasteiger partial charge on any atom is -0.352 e. The van der Waals surface area contributed by atoms with E-state index >= 15 is 4.39 Å². The average molecular weight is 685 g/mol. The second-order valence-electron chi connectivity index (χ2n) is 11.1. The first kappa shape index (κ1) is 34.9. The molecule has 0 aliphatic rings. The molecule has 0 radical (unpaired) electrons. The lowest BCUT2D eigenvalue weighted by Gasteiger charge is -2.34. The third-order valence-electron chi connectivity index (χ3n) is 7.59. The van der Waals surface area contributed by atoms with Crippen LogP contribution in [0.3, 0.4) is 0 Å². The molecule has 11 heteroatoms. The number of benzene rings is 4. The molecule has 0 saturated heterocycles. The molecule has 0 heterocycles. The van der Waals surface area contributed by atoms with Crippen LogP contribution in [0.25, 0.3) is 0 Å². The molecule has 0 bridgehead atoms. The Hall–Kier alpha value is -3.92. The predicted octanol–water partition coefficient (Wildman–Crippen LogP) is 7.19. The van der Waals surface area contributed by atoms with E-state index < -0.39 is 40.2 Å². The number of hydrogen-bond acceptors (Lipinski definition) is 4. The van der Waals surface area contributed by atoms with Crippen LogP contribution in [0.15, 0.2) is 102 Å². The number of hydrogen-bond donors (Lipinski definition) is 1. The summed E-state index contributed by atoms with van der Waals surface area (Å²) in [5.74, 6) is -1.73. The number of carbonyl (C=O) groups is 2. The van der Waals surface area contributed by atoms with Crippen molar-refractivity contribution in [3.8, 4) is 0 Å². The lowest BCUT2D eigenvalue weighted by atomic mass is 10.0. The number of halogens is 3. The molecule has 0 saturated carbocycles. The smallest absolute Gasteiger partial charge is 0.264 e. The highest BCUT2D eigenvalue weighted by atomic mass is 35.5. The van der Waals surface area contributed by atoms with Crippen molar-refractivity contribution in [3.05, 3.63) is 130 Å². The van der Waals surface area contributed by atoms with E-state index in [9.17, 15) is 18.0 Å². The van der Waals surface area contributed by atoms with Crippen molar-refractivity contribution < 1.29 is 22.4 Å². The third-order valence-corrected chi connectivity index (χ3v) is 9.82. The standard InChI is InChI=1S/C35H36Cl2FN3O4S/c1-4-25(3)39-35(43)33(18-26-10-6-5-7-11-26)40(22-27-12-8-9-13-32(27)38)34(42)23-41(30-20-28(36)19-29(37)21-30)46(44,45)31-16-14-24(2)15-17-31/h5-17,19-21,25,33H,4,18,22-23H2,1-3H3,(H,39,43)/t25-,33-/m0/s1. The van der Waals surface area contributed by atoms with Crippen LogP contribution in [0.2, 0.25) is 10.0 Å². The van der Waals surface area contributed by atoms with Crippen molar-refractivity contribution in [2.24, 2.45) is 0 Å². The maximum atomic E-state index is 15.1. The van der Waals surface area contributed by atoms with E-state index in [1.54, 1.807) is 18.2 Å². The van der Waals surface area contributed by atoms with Gasteiger partial charge < -0.3 is 10.2 Å². The Kier molecular flexibility index (Phi) is 11.8. The van der Waals surface area contributed by atoms with Crippen LogP contribution >= 0.6 is 23.2 Å². The Morgan fingerprint density at radius 3 is 2.11 bits per heavy atom. The molecule has 2 amide bonds. The Labute approximate surface area is 280 Å². The highest BCUT2D eigenvalue weighted by Crippen LogP contribution is 2.30. The number of rotatable bonds is 13. The van der Waals surface area contributed by atoms with Crippen molar-refractivity contribution in [3.63, 3.8) is 0 Å². The minimum absolute atomic E-state index is 0.0564. The number of carbonyl (C=O) groups excluding carboxylic acids is 2. The molecule has 0 spiro atoms. The second-order valence-corrected chi connectivity index (χ2v) is 13.8. The molecule has 0 aromatic heterocycles. The van der Waals surface area contributed by atoms with Gasteiger partial charge in [-0.1, -0.05) is 96.4 Å². The van der Waals surface area contributed by atoms with E-state index in [1.165, 1.54) is 53.4 Å². The Balaban J connectivity index is 1.84. The molecule has 46 heavy (non-hydrogen) atoms. The molecule has 4 aromatic carbocycles. The van der Waals surface area contributed by atoms with Crippen molar-refractivity contribution >= 4 is 50.7 Å². The zero-order chi connectivity index (χ0) is 33.4. The summed E-state index contributed by atoms with van der Waals surface area (Å²) in [5, 5.41) is 3.28. The average Bonchev–Trinajstić information content (AvgIpc) is 3.02. The van der Waals surface area contributed by atoms with E-state index in [4.69, 9.17) is 23.2 Å². The molecule has 0 aliphatic heterocycles. The normalized spacial score (nSPS) is 12.7. The largest absolute Gasteiger partial charge is 0.352 e. The SMILES string of the molecule is CC[C@H](C)NC(=O)[C@H](Cc1ccccc1)N(Cc1ccccc1F)C(=O)CN(c1cc(Cl)cc(Cl)c1)S(=O)(=O)c1ccc(C)cc1. The van der Waals surface area contributed by atoms with Gasteiger partial charge in [0.15, 0.2) is 0 Å². The van der Waals surface area contributed by atoms with E-state index in [-0.39, 0.29) is 45.2 Å². The van der Waals surface area contributed by atoms with Gasteiger partial charge in [0.05, 0.1) is 10.6 Å². The fourth-order valence-corrected chi connectivity index (χ4v) is 6.77. The maximum Gasteiger partial charge on any atom is 0.264 e. The number of nitrogens with one attached hydrogen (secondary N) is 1. The van der Waals surface area contributed by atoms with Gasteiger partial charge in [0.25, 0.3) is 10.0 Å². The summed E-state index contributed by atoms with van der Waals surface area (Å²) in [6.45, 7) is 4.59. The Morgan fingerprint density at radius 2 is 1.50 bits per heavy atom. The lowest BCUT2D eigenvalue weighted by Crippen LogP contribution is -2.54. The molecule has 7 nitrogen and oxygen atoms in total. The van der Waals surface area contributed by atoms with Gasteiger partial charge in [-0.25, -0.2) is 12.8 Å². The summed E-state index contributed by atoms with van der Waals surface area (Å²) < 4.78 is 44.3. The molecular weight excluding hydrogens is 648 g/mol. The summed E-state index contributed by atoms with van der Waals surface area (Å²) in [4.78, 5) is 29.5. The Morgan fingerprint density at radius 1 is 0.891 bits per heavy atom. The minimum atomic E-state index is -4.35. The summed E-state index contributed by atoms with van der Waals surface area (Å²) in [6, 6.07) is 24.2. The molecule has 0 aliphatic carbocycles. The zero-order valence-electron chi connectivity index (χ0n) is 25.8. The summed E-state index contributed by atoms with van der Waals surface area (Å²) >= 11 is 12.6. The second kappa shape index (κ2) is 15.6. The number of sulfonamides is 1. The lowest BCUT2D eigenvalue weighted by molar-refractivity contribution is -0.140. The highest BCUT2D eigenvalue weighted by molar-refractivity contribution is 7.92. The van der Waals surface area contributed by atoms with Crippen molar-refractivity contribution in [1.29, 1.82) is 0 Å². The molecule has 0 unspecified atom stereocenters. The van der Waals surface area contributed by atoms with Crippen LogP contribution in [-0.4, -0.2) is 43.8 Å². The summed E-state index contributed by atoms with van der Waals surface area (Å²) in [5.41, 5.74) is 1.84. The Bertz CT molecular complexity index is 1750. The van der Waals surface area contributed by atoms with E-state index in [1.807, 2.05) is 51.1 Å². The topological polar surface area (TPSA) is 86.8 Å².